The van der Waals surface area contributed by atoms with E-state index < -0.39 is 0 Å². The minimum Gasteiger partial charge on any atom is -0.358 e. The van der Waals surface area contributed by atoms with Crippen LogP contribution in [-0.4, -0.2) is 15.0 Å². The first-order valence-corrected chi connectivity index (χ1v) is 6.84. The second-order valence-corrected chi connectivity index (χ2v) is 3.20. The van der Waals surface area contributed by atoms with Crippen LogP contribution in [0.3, 0.4) is 0 Å². The Morgan fingerprint density at radius 3 is 2.21 bits per heavy atom. The summed E-state index contributed by atoms with van der Waals surface area (Å²) in [7, 11) is 0. The molecule has 0 aliphatic heterocycles. The normalized spacial score (nSPS) is 7.63. The van der Waals surface area contributed by atoms with E-state index in [9.17, 15) is 0 Å². The Morgan fingerprint density at radius 2 is 1.74 bits per heavy atom. The molecule has 0 aromatic carbocycles. The maximum absolute atomic E-state index is 4.30. The molecule has 0 unspecified atom stereocenters. The summed E-state index contributed by atoms with van der Waals surface area (Å²) in [4.78, 5) is 12.5. The van der Waals surface area contributed by atoms with Crippen LogP contribution in [0.25, 0.3) is 11.4 Å². The summed E-state index contributed by atoms with van der Waals surface area (Å²) in [6.45, 7) is 11.7. The summed E-state index contributed by atoms with van der Waals surface area (Å²) in [5.74, 6) is 0.755. The molecular weight excluding hydrogens is 426 g/mol. The fraction of sp³-hybridized carbons (Fsp3) is 0.357. The quantitative estimate of drug-likeness (QED) is 0.635. The maximum atomic E-state index is 4.30. The largest absolute Gasteiger partial charge is 2.00 e. The van der Waals surface area contributed by atoms with Gasteiger partial charge in [0.25, 0.3) is 0 Å². The maximum Gasteiger partial charge on any atom is 2.00 e. The van der Waals surface area contributed by atoms with Crippen molar-refractivity contribution in [1.29, 1.82) is 0 Å². The zero-order valence-corrected chi connectivity index (χ0v) is 16.1. The Morgan fingerprint density at radius 1 is 1.11 bits per heavy atom. The van der Waals surface area contributed by atoms with Crippen molar-refractivity contribution in [3.05, 3.63) is 43.3 Å². The first-order chi connectivity index (χ1) is 8.40. The van der Waals surface area contributed by atoms with E-state index in [0.717, 1.165) is 17.2 Å². The molecule has 3 nitrogen and oxygen atoms in total. The number of hydrogen-bond acceptors (Lipinski definition) is 4. The average molecular weight is 449 g/mol. The molecule has 0 bridgehead atoms. The Bertz CT molecular complexity index is 391. The van der Waals surface area contributed by atoms with Crippen molar-refractivity contribution in [2.24, 2.45) is 0 Å². The van der Waals surface area contributed by atoms with E-state index in [-0.39, 0.29) is 28.5 Å². The molecule has 0 saturated heterocycles. The minimum atomic E-state index is 0. The standard InChI is InChI=1S/C9H8N3S.2C2H6.CH3.W/c1-2-9-10-4-3-7(12-9)8-5-13-6-11-8;2*1-2;;/h3-6H,1-2H2;2*1-2H3;1H3;/q-1;;;-1;+2. The molecule has 0 radical (unpaired) electrons. The van der Waals surface area contributed by atoms with Crippen LogP contribution >= 0.6 is 11.3 Å². The molecule has 2 aromatic rings. The summed E-state index contributed by atoms with van der Waals surface area (Å²) >= 11 is 1.56. The molecule has 2 rings (SSSR count). The molecule has 0 amide bonds. The molecule has 0 N–H and O–H groups in total. The van der Waals surface area contributed by atoms with E-state index >= 15 is 0 Å². The van der Waals surface area contributed by atoms with Crippen molar-refractivity contribution < 1.29 is 21.1 Å². The summed E-state index contributed by atoms with van der Waals surface area (Å²) in [5, 5.41) is 1.97. The smallest absolute Gasteiger partial charge is 0.358 e. The molecular formula is C14H23N3SW. The van der Waals surface area contributed by atoms with Gasteiger partial charge in [0.1, 0.15) is 0 Å². The zero-order chi connectivity index (χ0) is 13.1. The number of thiazole rings is 1. The van der Waals surface area contributed by atoms with Crippen molar-refractivity contribution in [3.63, 3.8) is 0 Å². The third kappa shape index (κ3) is 8.22. The van der Waals surface area contributed by atoms with E-state index in [0.29, 0.717) is 6.42 Å². The van der Waals surface area contributed by atoms with Crippen molar-refractivity contribution in [1.82, 2.24) is 15.0 Å². The van der Waals surface area contributed by atoms with Crippen LogP contribution in [0.2, 0.25) is 0 Å². The second kappa shape index (κ2) is 15.5. The van der Waals surface area contributed by atoms with Gasteiger partial charge in [0.2, 0.25) is 0 Å². The molecule has 106 valence electrons. The van der Waals surface area contributed by atoms with E-state index in [1.807, 2.05) is 39.1 Å². The van der Waals surface area contributed by atoms with Crippen LogP contribution in [0, 0.1) is 14.4 Å². The van der Waals surface area contributed by atoms with Gasteiger partial charge >= 0.3 is 21.1 Å². The van der Waals surface area contributed by atoms with Gasteiger partial charge in [-0.3, -0.25) is 0 Å². The topological polar surface area (TPSA) is 38.7 Å². The molecule has 0 aliphatic rings. The van der Waals surface area contributed by atoms with Crippen LogP contribution in [0.1, 0.15) is 33.5 Å². The Labute approximate surface area is 136 Å². The molecule has 5 heteroatoms. The Kier molecular flexibility index (Phi) is 19.1. The third-order valence-electron chi connectivity index (χ3n) is 1.62. The predicted molar refractivity (Wildman–Crippen MR) is 81.3 cm³/mol. The van der Waals surface area contributed by atoms with Crippen molar-refractivity contribution in [2.75, 3.05) is 0 Å². The van der Waals surface area contributed by atoms with E-state index in [4.69, 9.17) is 0 Å². The fourth-order valence-corrected chi connectivity index (χ4v) is 1.55. The fourth-order valence-electron chi connectivity index (χ4n) is 1.00. The molecule has 0 aliphatic carbocycles. The second-order valence-electron chi connectivity index (χ2n) is 2.48. The predicted octanol–water partition coefficient (Wildman–Crippen LogP) is 4.48. The Hall–Kier alpha value is -0.602. The van der Waals surface area contributed by atoms with Gasteiger partial charge in [0.05, 0.1) is 22.7 Å². The van der Waals surface area contributed by atoms with Crippen LogP contribution in [0.5, 0.6) is 0 Å². The molecule has 2 aromatic heterocycles. The van der Waals surface area contributed by atoms with Crippen molar-refractivity contribution >= 4 is 11.3 Å². The number of nitrogens with zero attached hydrogens (tertiary/aromatic N) is 3. The van der Waals surface area contributed by atoms with Crippen LogP contribution < -0.4 is 0 Å². The van der Waals surface area contributed by atoms with Gasteiger partial charge in [-0.25, -0.2) is 15.0 Å². The van der Waals surface area contributed by atoms with Gasteiger partial charge < -0.3 is 14.4 Å². The van der Waals surface area contributed by atoms with Crippen LogP contribution in [0.4, 0.5) is 0 Å². The van der Waals surface area contributed by atoms with Gasteiger partial charge in [0.15, 0.2) is 0 Å². The first-order valence-electron chi connectivity index (χ1n) is 5.90. The molecule has 0 atom stereocenters. The average Bonchev–Trinajstić information content (AvgIpc) is 2.97. The monoisotopic (exact) mass is 449 g/mol. The van der Waals surface area contributed by atoms with Crippen LogP contribution in [-0.2, 0) is 27.5 Å². The summed E-state index contributed by atoms with van der Waals surface area (Å²) < 4.78 is 0. The van der Waals surface area contributed by atoms with E-state index in [1.54, 1.807) is 23.0 Å². The molecule has 0 spiro atoms. The van der Waals surface area contributed by atoms with Crippen molar-refractivity contribution in [3.8, 4) is 11.4 Å². The zero-order valence-electron chi connectivity index (χ0n) is 12.4. The number of rotatable bonds is 2. The number of aromatic nitrogens is 3. The molecule has 0 saturated carbocycles. The van der Waals surface area contributed by atoms with Crippen LogP contribution in [0.15, 0.2) is 23.2 Å². The Balaban J connectivity index is -0.000000392. The molecule has 0 fully saturated rings. The summed E-state index contributed by atoms with van der Waals surface area (Å²) in [6.07, 6.45) is 2.35. The van der Waals surface area contributed by atoms with Gasteiger partial charge in [-0.1, -0.05) is 27.7 Å². The van der Waals surface area contributed by atoms with Crippen molar-refractivity contribution in [2.45, 2.75) is 34.1 Å². The minimum absolute atomic E-state index is 0. The van der Waals surface area contributed by atoms with E-state index in [2.05, 4.69) is 21.9 Å². The SMILES string of the molecule is CC.CC.[CH2-]Cc1nccc(-c2cscn2)n1.[CH3-].[W+2]. The van der Waals surface area contributed by atoms with Gasteiger partial charge in [-0.15, -0.1) is 17.8 Å². The molecule has 19 heavy (non-hydrogen) atoms. The molecule has 2 heterocycles. The summed E-state index contributed by atoms with van der Waals surface area (Å²) in [5.41, 5.74) is 3.57. The van der Waals surface area contributed by atoms with E-state index in [1.165, 1.54) is 0 Å². The van der Waals surface area contributed by atoms with Gasteiger partial charge in [-0.2, -0.15) is 0 Å². The number of hydrogen-bond donors (Lipinski definition) is 0. The third-order valence-corrected chi connectivity index (χ3v) is 2.21. The summed E-state index contributed by atoms with van der Waals surface area (Å²) in [6, 6.07) is 1.86. The first kappa shape index (κ1) is 23.5. The van der Waals surface area contributed by atoms with Gasteiger partial charge in [0, 0.05) is 11.6 Å². The van der Waals surface area contributed by atoms with Gasteiger partial charge in [-0.05, 0) is 6.07 Å².